The van der Waals surface area contributed by atoms with Crippen LogP contribution in [0.15, 0.2) is 24.7 Å². The van der Waals surface area contributed by atoms with Gasteiger partial charge >= 0.3 is 0 Å². The number of nitrogens with one attached hydrogen (secondary N) is 1. The predicted octanol–water partition coefficient (Wildman–Crippen LogP) is 0.329. The second-order valence-electron chi connectivity index (χ2n) is 5.40. The molecule has 0 spiro atoms. The SMILES string of the molecule is CS(=O)(=O)Nc1cncc(-c2nc(N3CCOCC3)cnc2N)c1. The highest BCUT2D eigenvalue weighted by Crippen LogP contribution is 2.26. The molecule has 9 nitrogen and oxygen atoms in total. The zero-order valence-corrected chi connectivity index (χ0v) is 14.0. The van der Waals surface area contributed by atoms with Crippen LogP contribution in [0.2, 0.25) is 0 Å². The topological polar surface area (TPSA) is 123 Å². The molecule has 1 aliphatic rings. The molecular weight excluding hydrogens is 332 g/mol. The molecule has 3 heterocycles. The van der Waals surface area contributed by atoms with Crippen LogP contribution in [-0.4, -0.2) is 55.9 Å². The van der Waals surface area contributed by atoms with Crippen molar-refractivity contribution in [2.75, 3.05) is 47.9 Å². The zero-order chi connectivity index (χ0) is 17.2. The highest BCUT2D eigenvalue weighted by atomic mass is 32.2. The van der Waals surface area contributed by atoms with Gasteiger partial charge in [0.15, 0.2) is 0 Å². The van der Waals surface area contributed by atoms with Gasteiger partial charge in [-0.3, -0.25) is 9.71 Å². The minimum Gasteiger partial charge on any atom is -0.382 e. The van der Waals surface area contributed by atoms with Gasteiger partial charge in [-0.15, -0.1) is 0 Å². The predicted molar refractivity (Wildman–Crippen MR) is 91.2 cm³/mol. The van der Waals surface area contributed by atoms with Crippen molar-refractivity contribution in [3.05, 3.63) is 24.7 Å². The molecule has 128 valence electrons. The van der Waals surface area contributed by atoms with Crippen molar-refractivity contribution in [2.24, 2.45) is 0 Å². The zero-order valence-electron chi connectivity index (χ0n) is 13.1. The molecule has 1 saturated heterocycles. The molecule has 0 aromatic carbocycles. The van der Waals surface area contributed by atoms with Crippen LogP contribution in [0.25, 0.3) is 11.3 Å². The normalized spacial score (nSPS) is 15.3. The molecule has 2 aromatic heterocycles. The maximum atomic E-state index is 11.4. The number of pyridine rings is 1. The van der Waals surface area contributed by atoms with Crippen LogP contribution in [0.5, 0.6) is 0 Å². The lowest BCUT2D eigenvalue weighted by atomic mass is 10.2. The quantitative estimate of drug-likeness (QED) is 0.808. The Labute approximate surface area is 139 Å². The lowest BCUT2D eigenvalue weighted by Gasteiger charge is -2.27. The summed E-state index contributed by atoms with van der Waals surface area (Å²) < 4.78 is 30.4. The Hall–Kier alpha value is -2.46. The third-order valence-electron chi connectivity index (χ3n) is 3.44. The van der Waals surface area contributed by atoms with Crippen molar-refractivity contribution in [3.8, 4) is 11.3 Å². The van der Waals surface area contributed by atoms with Crippen LogP contribution < -0.4 is 15.4 Å². The van der Waals surface area contributed by atoms with Crippen molar-refractivity contribution >= 4 is 27.3 Å². The third-order valence-corrected chi connectivity index (χ3v) is 4.04. The Bertz CT molecular complexity index is 836. The summed E-state index contributed by atoms with van der Waals surface area (Å²) in [4.78, 5) is 14.9. The number of nitrogens with two attached hydrogens (primary N) is 1. The van der Waals surface area contributed by atoms with E-state index in [-0.39, 0.29) is 5.82 Å². The molecule has 0 aliphatic carbocycles. The average Bonchev–Trinajstić information content (AvgIpc) is 2.55. The molecule has 0 amide bonds. The fourth-order valence-electron chi connectivity index (χ4n) is 2.39. The molecule has 1 fully saturated rings. The maximum Gasteiger partial charge on any atom is 0.229 e. The molecular formula is C14H18N6O3S. The molecule has 2 aromatic rings. The monoisotopic (exact) mass is 350 g/mol. The number of rotatable bonds is 4. The van der Waals surface area contributed by atoms with Crippen LogP contribution in [0.4, 0.5) is 17.3 Å². The highest BCUT2D eigenvalue weighted by molar-refractivity contribution is 7.92. The van der Waals surface area contributed by atoms with Crippen molar-refractivity contribution in [1.82, 2.24) is 15.0 Å². The largest absolute Gasteiger partial charge is 0.382 e. The van der Waals surface area contributed by atoms with Gasteiger partial charge in [0.25, 0.3) is 0 Å². The van der Waals surface area contributed by atoms with E-state index in [4.69, 9.17) is 10.5 Å². The molecule has 3 N–H and O–H groups in total. The number of nitrogens with zero attached hydrogens (tertiary/aromatic N) is 4. The number of nitrogen functional groups attached to an aromatic ring is 1. The number of sulfonamides is 1. The Kier molecular flexibility index (Phi) is 4.49. The first-order valence-electron chi connectivity index (χ1n) is 7.31. The lowest BCUT2D eigenvalue weighted by Crippen LogP contribution is -2.36. The Morgan fingerprint density at radius 1 is 1.25 bits per heavy atom. The van der Waals surface area contributed by atoms with E-state index in [2.05, 4.69) is 24.6 Å². The van der Waals surface area contributed by atoms with E-state index in [1.54, 1.807) is 18.5 Å². The van der Waals surface area contributed by atoms with Crippen molar-refractivity contribution < 1.29 is 13.2 Å². The van der Waals surface area contributed by atoms with Crippen LogP contribution >= 0.6 is 0 Å². The van der Waals surface area contributed by atoms with Gasteiger partial charge in [0.2, 0.25) is 10.0 Å². The van der Waals surface area contributed by atoms with Gasteiger partial charge in [-0.05, 0) is 6.07 Å². The number of hydrogen-bond acceptors (Lipinski definition) is 8. The Morgan fingerprint density at radius 2 is 2.00 bits per heavy atom. The molecule has 0 saturated carbocycles. The van der Waals surface area contributed by atoms with Crippen LogP contribution in [0, 0.1) is 0 Å². The first-order chi connectivity index (χ1) is 11.4. The van der Waals surface area contributed by atoms with Gasteiger partial charge in [-0.2, -0.15) is 0 Å². The standard InChI is InChI=1S/C14H18N6O3S/c1-24(21,22)19-11-6-10(7-16-8-11)13-14(15)17-9-12(18-13)20-2-4-23-5-3-20/h6-9,19H,2-5H2,1H3,(H2,15,17). The van der Waals surface area contributed by atoms with Gasteiger partial charge in [0.1, 0.15) is 17.3 Å². The fraction of sp³-hybridized carbons (Fsp3) is 0.357. The van der Waals surface area contributed by atoms with Gasteiger partial charge in [-0.1, -0.05) is 0 Å². The van der Waals surface area contributed by atoms with E-state index in [0.29, 0.717) is 36.0 Å². The molecule has 0 radical (unpaired) electrons. The van der Waals surface area contributed by atoms with Crippen LogP contribution in [-0.2, 0) is 14.8 Å². The number of aromatic nitrogens is 3. The summed E-state index contributed by atoms with van der Waals surface area (Å²) in [5.41, 5.74) is 7.33. The van der Waals surface area contributed by atoms with E-state index >= 15 is 0 Å². The van der Waals surface area contributed by atoms with Gasteiger partial charge < -0.3 is 15.4 Å². The third kappa shape index (κ3) is 3.89. The summed E-state index contributed by atoms with van der Waals surface area (Å²) in [6, 6.07) is 1.62. The van der Waals surface area contributed by atoms with Crippen molar-refractivity contribution in [2.45, 2.75) is 0 Å². The second-order valence-corrected chi connectivity index (χ2v) is 7.15. The number of anilines is 3. The van der Waals surface area contributed by atoms with Crippen molar-refractivity contribution in [1.29, 1.82) is 0 Å². The van der Waals surface area contributed by atoms with Gasteiger partial charge in [0, 0.05) is 24.8 Å². The molecule has 0 atom stereocenters. The Morgan fingerprint density at radius 3 is 2.71 bits per heavy atom. The molecule has 10 heteroatoms. The highest BCUT2D eigenvalue weighted by Gasteiger charge is 2.16. The Balaban J connectivity index is 1.95. The van der Waals surface area contributed by atoms with E-state index in [1.807, 2.05) is 0 Å². The molecule has 3 rings (SSSR count). The first kappa shape index (κ1) is 16.4. The minimum atomic E-state index is -3.39. The molecule has 0 unspecified atom stereocenters. The smallest absolute Gasteiger partial charge is 0.229 e. The van der Waals surface area contributed by atoms with E-state index in [9.17, 15) is 8.42 Å². The van der Waals surface area contributed by atoms with E-state index < -0.39 is 10.0 Å². The molecule has 24 heavy (non-hydrogen) atoms. The summed E-state index contributed by atoms with van der Waals surface area (Å²) in [7, 11) is -3.39. The molecule has 1 aliphatic heterocycles. The summed E-state index contributed by atoms with van der Waals surface area (Å²) >= 11 is 0. The number of hydrogen-bond donors (Lipinski definition) is 2. The van der Waals surface area contributed by atoms with Crippen LogP contribution in [0.3, 0.4) is 0 Å². The first-order valence-corrected chi connectivity index (χ1v) is 9.20. The summed E-state index contributed by atoms with van der Waals surface area (Å²) in [6.07, 6.45) is 5.68. The van der Waals surface area contributed by atoms with E-state index in [0.717, 1.165) is 19.3 Å². The summed E-state index contributed by atoms with van der Waals surface area (Å²) in [6.45, 7) is 2.73. The van der Waals surface area contributed by atoms with Gasteiger partial charge in [0.05, 0.1) is 37.6 Å². The average molecular weight is 350 g/mol. The number of ether oxygens (including phenoxy) is 1. The number of morpholine rings is 1. The lowest BCUT2D eigenvalue weighted by molar-refractivity contribution is 0.122. The van der Waals surface area contributed by atoms with Gasteiger partial charge in [-0.25, -0.2) is 18.4 Å². The second kappa shape index (κ2) is 6.57. The van der Waals surface area contributed by atoms with E-state index in [1.165, 1.54) is 6.20 Å². The maximum absolute atomic E-state index is 11.4. The van der Waals surface area contributed by atoms with Crippen molar-refractivity contribution in [3.63, 3.8) is 0 Å². The van der Waals surface area contributed by atoms with Crippen LogP contribution in [0.1, 0.15) is 0 Å². The fourth-order valence-corrected chi connectivity index (χ4v) is 2.93. The minimum absolute atomic E-state index is 0.255. The summed E-state index contributed by atoms with van der Waals surface area (Å²) in [5, 5.41) is 0. The molecule has 0 bridgehead atoms. The summed E-state index contributed by atoms with van der Waals surface area (Å²) in [5.74, 6) is 0.953.